The molecule has 0 bridgehead atoms. The standard InChI is InChI=1S/C20H26N2O3S2/c1-14(2)22(5)27(24,25)18-9-7-17(8-10-18)21-20(23)13-26-19-11-6-15(3)12-16(19)4/h6-12,14H,13H2,1-5H3,(H,21,23). The summed E-state index contributed by atoms with van der Waals surface area (Å²) in [6.07, 6.45) is 0. The molecule has 0 heterocycles. The van der Waals surface area contributed by atoms with Crippen molar-refractivity contribution in [3.05, 3.63) is 53.6 Å². The molecule has 146 valence electrons. The molecule has 0 atom stereocenters. The zero-order chi connectivity index (χ0) is 20.2. The maximum absolute atomic E-state index is 12.5. The predicted molar refractivity (Wildman–Crippen MR) is 112 cm³/mol. The highest BCUT2D eigenvalue weighted by Gasteiger charge is 2.22. The van der Waals surface area contributed by atoms with Gasteiger partial charge >= 0.3 is 0 Å². The molecule has 2 rings (SSSR count). The Morgan fingerprint density at radius 1 is 1.11 bits per heavy atom. The summed E-state index contributed by atoms with van der Waals surface area (Å²) in [6.45, 7) is 7.71. The Morgan fingerprint density at radius 2 is 1.74 bits per heavy atom. The first-order chi connectivity index (χ1) is 12.6. The third kappa shape index (κ3) is 5.57. The van der Waals surface area contributed by atoms with E-state index in [0.717, 1.165) is 10.5 Å². The summed E-state index contributed by atoms with van der Waals surface area (Å²) in [6, 6.07) is 12.3. The second-order valence-electron chi connectivity index (χ2n) is 6.75. The molecule has 1 N–H and O–H groups in total. The molecule has 0 aromatic heterocycles. The number of amides is 1. The van der Waals surface area contributed by atoms with Crippen LogP contribution in [-0.4, -0.2) is 37.5 Å². The molecule has 0 spiro atoms. The molecule has 7 heteroatoms. The van der Waals surface area contributed by atoms with Crippen molar-refractivity contribution in [2.75, 3.05) is 18.1 Å². The number of sulfonamides is 1. The highest BCUT2D eigenvalue weighted by Crippen LogP contribution is 2.24. The van der Waals surface area contributed by atoms with Gasteiger partial charge in [-0.3, -0.25) is 4.79 Å². The molecule has 0 radical (unpaired) electrons. The van der Waals surface area contributed by atoms with Crippen LogP contribution in [0.3, 0.4) is 0 Å². The molecule has 1 amide bonds. The fourth-order valence-electron chi connectivity index (χ4n) is 2.46. The average Bonchev–Trinajstić information content (AvgIpc) is 2.60. The van der Waals surface area contributed by atoms with E-state index in [1.54, 1.807) is 19.2 Å². The van der Waals surface area contributed by atoms with Gasteiger partial charge in [-0.1, -0.05) is 17.7 Å². The number of thioether (sulfide) groups is 1. The van der Waals surface area contributed by atoms with Crippen LogP contribution in [0.1, 0.15) is 25.0 Å². The Bertz CT molecular complexity index is 907. The van der Waals surface area contributed by atoms with Crippen LogP contribution in [0.15, 0.2) is 52.3 Å². The van der Waals surface area contributed by atoms with Crippen LogP contribution in [0.2, 0.25) is 0 Å². The predicted octanol–water partition coefficient (Wildman–Crippen LogP) is 4.06. The van der Waals surface area contributed by atoms with Gasteiger partial charge in [0, 0.05) is 23.7 Å². The van der Waals surface area contributed by atoms with E-state index in [1.807, 2.05) is 39.8 Å². The molecular formula is C20H26N2O3S2. The highest BCUT2D eigenvalue weighted by molar-refractivity contribution is 8.00. The van der Waals surface area contributed by atoms with Gasteiger partial charge in [0.05, 0.1) is 10.6 Å². The van der Waals surface area contributed by atoms with Gasteiger partial charge in [-0.2, -0.15) is 4.31 Å². The summed E-state index contributed by atoms with van der Waals surface area (Å²) in [5.74, 6) is 0.162. The topological polar surface area (TPSA) is 66.5 Å². The van der Waals surface area contributed by atoms with E-state index in [0.29, 0.717) is 11.4 Å². The number of carbonyl (C=O) groups is 1. The Morgan fingerprint density at radius 3 is 2.30 bits per heavy atom. The van der Waals surface area contributed by atoms with Crippen LogP contribution in [0.25, 0.3) is 0 Å². The van der Waals surface area contributed by atoms with E-state index in [9.17, 15) is 13.2 Å². The van der Waals surface area contributed by atoms with Crippen molar-refractivity contribution >= 4 is 33.4 Å². The summed E-state index contributed by atoms with van der Waals surface area (Å²) in [4.78, 5) is 13.5. The van der Waals surface area contributed by atoms with Gasteiger partial charge in [0.2, 0.25) is 15.9 Å². The fourth-order valence-corrected chi connectivity index (χ4v) is 4.63. The number of rotatable bonds is 7. The molecule has 0 saturated carbocycles. The van der Waals surface area contributed by atoms with E-state index in [1.165, 1.54) is 33.8 Å². The number of hydrogen-bond donors (Lipinski definition) is 1. The Hall–Kier alpha value is -1.83. The van der Waals surface area contributed by atoms with E-state index in [4.69, 9.17) is 0 Å². The number of anilines is 1. The summed E-state index contributed by atoms with van der Waals surface area (Å²) < 4.78 is 26.2. The minimum absolute atomic E-state index is 0.128. The van der Waals surface area contributed by atoms with Crippen LogP contribution in [0, 0.1) is 13.8 Å². The van der Waals surface area contributed by atoms with Gasteiger partial charge in [0.15, 0.2) is 0 Å². The first-order valence-electron chi connectivity index (χ1n) is 8.69. The van der Waals surface area contributed by atoms with Crippen molar-refractivity contribution in [2.24, 2.45) is 0 Å². The van der Waals surface area contributed by atoms with Crippen molar-refractivity contribution in [2.45, 2.75) is 43.5 Å². The number of benzene rings is 2. The largest absolute Gasteiger partial charge is 0.325 e. The molecule has 2 aromatic rings. The van der Waals surface area contributed by atoms with Gasteiger partial charge in [-0.05, 0) is 63.6 Å². The van der Waals surface area contributed by atoms with Crippen LogP contribution in [0.4, 0.5) is 5.69 Å². The summed E-state index contributed by atoms with van der Waals surface area (Å²) >= 11 is 1.48. The summed E-state index contributed by atoms with van der Waals surface area (Å²) in [5.41, 5.74) is 2.92. The van der Waals surface area contributed by atoms with Crippen LogP contribution >= 0.6 is 11.8 Å². The van der Waals surface area contributed by atoms with Crippen LogP contribution < -0.4 is 5.32 Å². The Balaban J connectivity index is 1.98. The second-order valence-corrected chi connectivity index (χ2v) is 9.76. The Kier molecular flexibility index (Phi) is 7.08. The Labute approximate surface area is 166 Å². The average molecular weight is 407 g/mol. The minimum atomic E-state index is -3.52. The lowest BCUT2D eigenvalue weighted by molar-refractivity contribution is -0.113. The van der Waals surface area contributed by atoms with Gasteiger partial charge in [-0.25, -0.2) is 8.42 Å². The SMILES string of the molecule is Cc1ccc(SCC(=O)Nc2ccc(S(=O)(=O)N(C)C(C)C)cc2)c(C)c1. The zero-order valence-electron chi connectivity index (χ0n) is 16.3. The third-order valence-electron chi connectivity index (χ3n) is 4.23. The first-order valence-corrected chi connectivity index (χ1v) is 11.1. The molecule has 0 fully saturated rings. The van der Waals surface area contributed by atoms with Crippen molar-refractivity contribution in [1.82, 2.24) is 4.31 Å². The number of nitrogens with one attached hydrogen (secondary N) is 1. The quantitative estimate of drug-likeness (QED) is 0.704. The number of aryl methyl sites for hydroxylation is 2. The molecule has 0 aliphatic rings. The molecular weight excluding hydrogens is 380 g/mol. The molecule has 0 aliphatic heterocycles. The van der Waals surface area contributed by atoms with Crippen LogP contribution in [0.5, 0.6) is 0 Å². The van der Waals surface area contributed by atoms with E-state index in [-0.39, 0.29) is 16.8 Å². The lowest BCUT2D eigenvalue weighted by Crippen LogP contribution is -2.33. The smallest absolute Gasteiger partial charge is 0.243 e. The van der Waals surface area contributed by atoms with E-state index >= 15 is 0 Å². The zero-order valence-corrected chi connectivity index (χ0v) is 17.9. The summed E-state index contributed by atoms with van der Waals surface area (Å²) in [5, 5.41) is 2.81. The van der Waals surface area contributed by atoms with Crippen molar-refractivity contribution in [1.29, 1.82) is 0 Å². The molecule has 0 saturated heterocycles. The summed E-state index contributed by atoms with van der Waals surface area (Å²) in [7, 11) is -1.97. The molecule has 27 heavy (non-hydrogen) atoms. The van der Waals surface area contributed by atoms with Crippen molar-refractivity contribution in [3.63, 3.8) is 0 Å². The fraction of sp³-hybridized carbons (Fsp3) is 0.350. The van der Waals surface area contributed by atoms with E-state index < -0.39 is 10.0 Å². The lowest BCUT2D eigenvalue weighted by Gasteiger charge is -2.21. The number of carbonyl (C=O) groups excluding carboxylic acids is 1. The van der Waals surface area contributed by atoms with Gasteiger partial charge < -0.3 is 5.32 Å². The molecule has 5 nitrogen and oxygen atoms in total. The van der Waals surface area contributed by atoms with Crippen molar-refractivity contribution < 1.29 is 13.2 Å². The third-order valence-corrected chi connectivity index (χ3v) is 7.45. The highest BCUT2D eigenvalue weighted by atomic mass is 32.2. The van der Waals surface area contributed by atoms with Crippen molar-refractivity contribution in [3.8, 4) is 0 Å². The maximum atomic E-state index is 12.5. The van der Waals surface area contributed by atoms with Gasteiger partial charge in [0.25, 0.3) is 0 Å². The molecule has 2 aromatic carbocycles. The van der Waals surface area contributed by atoms with Gasteiger partial charge in [-0.15, -0.1) is 11.8 Å². The number of nitrogens with zero attached hydrogens (tertiary/aromatic N) is 1. The molecule has 0 unspecified atom stereocenters. The molecule has 0 aliphatic carbocycles. The normalized spacial score (nSPS) is 11.8. The second kappa shape index (κ2) is 8.91. The van der Waals surface area contributed by atoms with E-state index in [2.05, 4.69) is 11.4 Å². The lowest BCUT2D eigenvalue weighted by atomic mass is 10.2. The monoisotopic (exact) mass is 406 g/mol. The minimum Gasteiger partial charge on any atom is -0.325 e. The van der Waals surface area contributed by atoms with Gasteiger partial charge in [0.1, 0.15) is 0 Å². The maximum Gasteiger partial charge on any atom is 0.243 e. The van der Waals surface area contributed by atoms with Crippen LogP contribution in [-0.2, 0) is 14.8 Å². The number of hydrogen-bond acceptors (Lipinski definition) is 4. The first kappa shape index (κ1) is 21.5.